The molecule has 0 heterocycles. The van der Waals surface area contributed by atoms with Gasteiger partial charge in [0.25, 0.3) is 0 Å². The van der Waals surface area contributed by atoms with Gasteiger partial charge in [-0.25, -0.2) is 4.39 Å². The summed E-state index contributed by atoms with van der Waals surface area (Å²) in [4.78, 5) is 0. The number of hydrogen-bond acceptors (Lipinski definition) is 1. The first kappa shape index (κ1) is 12.8. The van der Waals surface area contributed by atoms with Gasteiger partial charge >= 0.3 is 0 Å². The monoisotopic (exact) mass is 243 g/mol. The molecule has 18 heavy (non-hydrogen) atoms. The molecule has 0 aromatic heterocycles. The Morgan fingerprint density at radius 3 is 2.61 bits per heavy atom. The third kappa shape index (κ3) is 2.96. The Morgan fingerprint density at radius 1 is 1.11 bits per heavy atom. The second-order valence-electron chi connectivity index (χ2n) is 4.80. The topological polar surface area (TPSA) is 26.0 Å². The van der Waals surface area contributed by atoms with Crippen LogP contribution in [-0.2, 0) is 6.42 Å². The van der Waals surface area contributed by atoms with E-state index in [4.69, 9.17) is 5.73 Å². The van der Waals surface area contributed by atoms with Crippen LogP contribution in [0.5, 0.6) is 0 Å². The van der Waals surface area contributed by atoms with E-state index in [0.717, 1.165) is 16.7 Å². The predicted octanol–water partition coefficient (Wildman–Crippen LogP) is 3.69. The zero-order valence-electron chi connectivity index (χ0n) is 10.8. The first-order chi connectivity index (χ1) is 8.56. The minimum absolute atomic E-state index is 0.0922. The van der Waals surface area contributed by atoms with Crippen LogP contribution in [-0.4, -0.2) is 0 Å². The zero-order valence-corrected chi connectivity index (χ0v) is 10.8. The Balaban J connectivity index is 2.21. The van der Waals surface area contributed by atoms with E-state index in [1.165, 1.54) is 11.6 Å². The lowest BCUT2D eigenvalue weighted by atomic mass is 9.96. The maximum Gasteiger partial charge on any atom is 0.123 e. The molecule has 94 valence electrons. The molecule has 0 bridgehead atoms. The van der Waals surface area contributed by atoms with Gasteiger partial charge in [0, 0.05) is 6.04 Å². The summed E-state index contributed by atoms with van der Waals surface area (Å²) < 4.78 is 13.2. The van der Waals surface area contributed by atoms with Gasteiger partial charge in [-0.05, 0) is 49.1 Å². The average Bonchev–Trinajstić information content (AvgIpc) is 2.34. The van der Waals surface area contributed by atoms with Gasteiger partial charge in [-0.3, -0.25) is 0 Å². The van der Waals surface area contributed by atoms with Crippen molar-refractivity contribution in [3.05, 3.63) is 70.5 Å². The largest absolute Gasteiger partial charge is 0.324 e. The fourth-order valence-corrected chi connectivity index (χ4v) is 2.12. The molecule has 1 atom stereocenters. The Hall–Kier alpha value is -1.67. The van der Waals surface area contributed by atoms with Crippen molar-refractivity contribution in [2.24, 2.45) is 5.73 Å². The van der Waals surface area contributed by atoms with Crippen LogP contribution in [0.15, 0.2) is 42.5 Å². The van der Waals surface area contributed by atoms with Crippen LogP contribution in [0.25, 0.3) is 0 Å². The molecular formula is C16H18FN. The average molecular weight is 243 g/mol. The standard InChI is InChI=1S/C16H18FN/c1-11-4-3-5-13(8-11)16(18)10-14-9-15(17)7-6-12(14)2/h3-9,16H,10,18H2,1-2H3. The Labute approximate surface area is 107 Å². The third-order valence-corrected chi connectivity index (χ3v) is 3.22. The van der Waals surface area contributed by atoms with Crippen molar-refractivity contribution >= 4 is 0 Å². The van der Waals surface area contributed by atoms with Crippen LogP contribution in [0.2, 0.25) is 0 Å². The molecule has 2 heteroatoms. The van der Waals surface area contributed by atoms with E-state index < -0.39 is 0 Å². The number of aryl methyl sites for hydroxylation is 2. The molecule has 0 amide bonds. The second kappa shape index (κ2) is 5.32. The van der Waals surface area contributed by atoms with Gasteiger partial charge < -0.3 is 5.73 Å². The minimum Gasteiger partial charge on any atom is -0.324 e. The van der Waals surface area contributed by atoms with Gasteiger partial charge in [-0.1, -0.05) is 35.9 Å². The zero-order chi connectivity index (χ0) is 13.1. The fraction of sp³-hybridized carbons (Fsp3) is 0.250. The highest BCUT2D eigenvalue weighted by Gasteiger charge is 2.09. The van der Waals surface area contributed by atoms with Gasteiger partial charge in [0.2, 0.25) is 0 Å². The summed E-state index contributed by atoms with van der Waals surface area (Å²) in [6.45, 7) is 4.03. The van der Waals surface area contributed by atoms with Gasteiger partial charge in [-0.2, -0.15) is 0 Å². The fourth-order valence-electron chi connectivity index (χ4n) is 2.12. The van der Waals surface area contributed by atoms with Crippen LogP contribution in [0.1, 0.15) is 28.3 Å². The van der Waals surface area contributed by atoms with Crippen molar-refractivity contribution in [3.63, 3.8) is 0 Å². The lowest BCUT2D eigenvalue weighted by molar-refractivity contribution is 0.621. The Kier molecular flexibility index (Phi) is 3.78. The summed E-state index contributed by atoms with van der Waals surface area (Å²) in [6, 6.07) is 12.9. The van der Waals surface area contributed by atoms with Gasteiger partial charge in [0.1, 0.15) is 5.82 Å². The molecule has 0 aliphatic carbocycles. The summed E-state index contributed by atoms with van der Waals surface area (Å²) >= 11 is 0. The highest BCUT2D eigenvalue weighted by molar-refractivity contribution is 5.31. The molecule has 0 aliphatic rings. The summed E-state index contributed by atoms with van der Waals surface area (Å²) in [6.07, 6.45) is 0.660. The maximum atomic E-state index is 13.2. The molecule has 0 spiro atoms. The molecule has 2 aromatic carbocycles. The van der Waals surface area contributed by atoms with Gasteiger partial charge in [-0.15, -0.1) is 0 Å². The minimum atomic E-state index is -0.202. The highest BCUT2D eigenvalue weighted by Crippen LogP contribution is 2.20. The highest BCUT2D eigenvalue weighted by atomic mass is 19.1. The lowest BCUT2D eigenvalue weighted by Gasteiger charge is -2.14. The molecule has 1 unspecified atom stereocenters. The number of benzene rings is 2. The Bertz CT molecular complexity index is 549. The van der Waals surface area contributed by atoms with Crippen LogP contribution >= 0.6 is 0 Å². The third-order valence-electron chi connectivity index (χ3n) is 3.22. The van der Waals surface area contributed by atoms with Gasteiger partial charge in [0.05, 0.1) is 0 Å². The van der Waals surface area contributed by atoms with E-state index in [1.807, 2.05) is 32.0 Å². The summed E-state index contributed by atoms with van der Waals surface area (Å²) in [5, 5.41) is 0. The molecule has 2 rings (SSSR count). The summed E-state index contributed by atoms with van der Waals surface area (Å²) in [7, 11) is 0. The van der Waals surface area contributed by atoms with E-state index in [2.05, 4.69) is 6.07 Å². The normalized spacial score (nSPS) is 12.4. The Morgan fingerprint density at radius 2 is 1.89 bits per heavy atom. The number of halogens is 1. The molecule has 2 aromatic rings. The molecule has 0 fully saturated rings. The smallest absolute Gasteiger partial charge is 0.123 e. The molecule has 0 saturated carbocycles. The van der Waals surface area contributed by atoms with Crippen molar-refractivity contribution in [3.8, 4) is 0 Å². The number of rotatable bonds is 3. The maximum absolute atomic E-state index is 13.2. The first-order valence-electron chi connectivity index (χ1n) is 6.13. The number of hydrogen-bond donors (Lipinski definition) is 1. The van der Waals surface area contributed by atoms with Crippen LogP contribution in [0, 0.1) is 19.7 Å². The second-order valence-corrected chi connectivity index (χ2v) is 4.80. The first-order valence-corrected chi connectivity index (χ1v) is 6.13. The van der Waals surface area contributed by atoms with Crippen LogP contribution < -0.4 is 5.73 Å². The lowest BCUT2D eigenvalue weighted by Crippen LogP contribution is -2.14. The predicted molar refractivity (Wildman–Crippen MR) is 72.9 cm³/mol. The van der Waals surface area contributed by atoms with E-state index in [0.29, 0.717) is 6.42 Å². The molecule has 2 N–H and O–H groups in total. The van der Waals surface area contributed by atoms with Crippen molar-refractivity contribution in [1.82, 2.24) is 0 Å². The van der Waals surface area contributed by atoms with E-state index in [1.54, 1.807) is 12.1 Å². The van der Waals surface area contributed by atoms with E-state index >= 15 is 0 Å². The van der Waals surface area contributed by atoms with Gasteiger partial charge in [0.15, 0.2) is 0 Å². The SMILES string of the molecule is Cc1cccc(C(N)Cc2cc(F)ccc2C)c1. The summed E-state index contributed by atoms with van der Waals surface area (Å²) in [5.74, 6) is -0.202. The van der Waals surface area contributed by atoms with E-state index in [9.17, 15) is 4.39 Å². The summed E-state index contributed by atoms with van der Waals surface area (Å²) in [5.41, 5.74) is 10.5. The van der Waals surface area contributed by atoms with Crippen LogP contribution in [0.4, 0.5) is 4.39 Å². The molecular weight excluding hydrogens is 225 g/mol. The molecule has 1 nitrogen and oxygen atoms in total. The van der Waals surface area contributed by atoms with Crippen molar-refractivity contribution in [2.75, 3.05) is 0 Å². The van der Waals surface area contributed by atoms with Crippen molar-refractivity contribution in [2.45, 2.75) is 26.3 Å². The molecule has 0 aliphatic heterocycles. The molecule has 0 saturated heterocycles. The van der Waals surface area contributed by atoms with Crippen molar-refractivity contribution in [1.29, 1.82) is 0 Å². The quantitative estimate of drug-likeness (QED) is 0.874. The van der Waals surface area contributed by atoms with Crippen LogP contribution in [0.3, 0.4) is 0 Å². The van der Waals surface area contributed by atoms with Crippen molar-refractivity contribution < 1.29 is 4.39 Å². The van der Waals surface area contributed by atoms with E-state index in [-0.39, 0.29) is 11.9 Å². The number of nitrogens with two attached hydrogens (primary N) is 1. The molecule has 0 radical (unpaired) electrons.